The van der Waals surface area contributed by atoms with Crippen LogP contribution in [-0.2, 0) is 6.42 Å². The van der Waals surface area contributed by atoms with E-state index in [-0.39, 0.29) is 0 Å². The zero-order valence-corrected chi connectivity index (χ0v) is 11.9. The van der Waals surface area contributed by atoms with Crippen molar-refractivity contribution in [2.75, 3.05) is 23.7 Å². The molecule has 18 heavy (non-hydrogen) atoms. The van der Waals surface area contributed by atoms with E-state index in [9.17, 15) is 0 Å². The van der Waals surface area contributed by atoms with E-state index in [1.165, 1.54) is 6.42 Å². The van der Waals surface area contributed by atoms with Gasteiger partial charge in [-0.05, 0) is 24.2 Å². The Morgan fingerprint density at radius 1 is 1.39 bits per heavy atom. The van der Waals surface area contributed by atoms with Crippen LogP contribution in [0.2, 0.25) is 0 Å². The molecule has 100 valence electrons. The number of anilines is 2. The summed E-state index contributed by atoms with van der Waals surface area (Å²) in [5.41, 5.74) is 7.39. The molecular weight excluding hydrogens is 224 g/mol. The molecule has 0 bridgehead atoms. The second-order valence-corrected chi connectivity index (χ2v) is 6.21. The first-order chi connectivity index (χ1) is 8.43. The first-order valence-electron chi connectivity index (χ1n) is 6.77. The minimum absolute atomic E-state index is 0.361. The molecule has 2 N–H and O–H groups in total. The summed E-state index contributed by atoms with van der Waals surface area (Å²) in [6.45, 7) is 11.2. The summed E-state index contributed by atoms with van der Waals surface area (Å²) < 4.78 is 0. The van der Waals surface area contributed by atoms with Gasteiger partial charge in [-0.25, -0.2) is 9.97 Å². The Labute approximate surface area is 110 Å². The summed E-state index contributed by atoms with van der Waals surface area (Å²) in [7, 11) is 0. The number of hydrogen-bond acceptors (Lipinski definition) is 4. The van der Waals surface area contributed by atoms with Crippen molar-refractivity contribution in [1.82, 2.24) is 9.97 Å². The molecule has 2 rings (SSSR count). The SMILES string of the molecule is CCc1c(N)ncnc1N1CCC(C(C)(C)C)C1. The lowest BCUT2D eigenvalue weighted by atomic mass is 9.80. The lowest BCUT2D eigenvalue weighted by molar-refractivity contribution is 0.263. The summed E-state index contributed by atoms with van der Waals surface area (Å²) in [4.78, 5) is 10.9. The molecule has 0 aromatic carbocycles. The number of nitrogens with zero attached hydrogens (tertiary/aromatic N) is 3. The molecule has 1 unspecified atom stereocenters. The molecule has 1 aromatic rings. The van der Waals surface area contributed by atoms with Crippen LogP contribution < -0.4 is 10.6 Å². The predicted octanol–water partition coefficient (Wildman–Crippen LogP) is 2.49. The quantitative estimate of drug-likeness (QED) is 0.873. The highest BCUT2D eigenvalue weighted by Crippen LogP contribution is 2.36. The van der Waals surface area contributed by atoms with Crippen LogP contribution in [0.25, 0.3) is 0 Å². The number of nitrogen functional groups attached to an aromatic ring is 1. The van der Waals surface area contributed by atoms with E-state index in [1.807, 2.05) is 0 Å². The molecule has 0 aliphatic carbocycles. The lowest BCUT2D eigenvalue weighted by Crippen LogP contribution is -2.27. The molecule has 1 fully saturated rings. The average Bonchev–Trinajstić information content (AvgIpc) is 2.77. The largest absolute Gasteiger partial charge is 0.383 e. The highest BCUT2D eigenvalue weighted by atomic mass is 15.2. The number of nitrogens with two attached hydrogens (primary N) is 1. The van der Waals surface area contributed by atoms with Gasteiger partial charge in [0.15, 0.2) is 0 Å². The molecular formula is C14H24N4. The Kier molecular flexibility index (Phi) is 3.46. The van der Waals surface area contributed by atoms with Crippen LogP contribution >= 0.6 is 0 Å². The molecule has 0 spiro atoms. The van der Waals surface area contributed by atoms with Crippen LogP contribution in [0.5, 0.6) is 0 Å². The molecule has 1 atom stereocenters. The van der Waals surface area contributed by atoms with Crippen molar-refractivity contribution in [2.45, 2.75) is 40.5 Å². The van der Waals surface area contributed by atoms with E-state index in [0.29, 0.717) is 11.2 Å². The van der Waals surface area contributed by atoms with Crippen molar-refractivity contribution < 1.29 is 0 Å². The van der Waals surface area contributed by atoms with Crippen molar-refractivity contribution >= 4 is 11.6 Å². The fourth-order valence-electron chi connectivity index (χ4n) is 2.69. The van der Waals surface area contributed by atoms with Gasteiger partial charge in [0, 0.05) is 18.7 Å². The molecule has 0 amide bonds. The van der Waals surface area contributed by atoms with E-state index >= 15 is 0 Å². The topological polar surface area (TPSA) is 55.0 Å². The van der Waals surface area contributed by atoms with Crippen LogP contribution in [0.3, 0.4) is 0 Å². The van der Waals surface area contributed by atoms with Crippen LogP contribution in [-0.4, -0.2) is 23.1 Å². The maximum absolute atomic E-state index is 5.94. The molecule has 4 nitrogen and oxygen atoms in total. The van der Waals surface area contributed by atoms with Crippen LogP contribution in [0.15, 0.2) is 6.33 Å². The average molecular weight is 248 g/mol. The minimum atomic E-state index is 0.361. The van der Waals surface area contributed by atoms with Gasteiger partial charge in [-0.3, -0.25) is 0 Å². The first kappa shape index (κ1) is 13.1. The Hall–Kier alpha value is -1.32. The van der Waals surface area contributed by atoms with Gasteiger partial charge in [0.1, 0.15) is 18.0 Å². The summed E-state index contributed by atoms with van der Waals surface area (Å²) in [5, 5.41) is 0. The van der Waals surface area contributed by atoms with Gasteiger partial charge in [-0.2, -0.15) is 0 Å². The van der Waals surface area contributed by atoms with E-state index < -0.39 is 0 Å². The monoisotopic (exact) mass is 248 g/mol. The van der Waals surface area contributed by atoms with Crippen molar-refractivity contribution in [3.63, 3.8) is 0 Å². The highest BCUT2D eigenvalue weighted by Gasteiger charge is 2.33. The van der Waals surface area contributed by atoms with E-state index in [0.717, 1.165) is 36.8 Å². The Morgan fingerprint density at radius 3 is 2.67 bits per heavy atom. The molecule has 4 heteroatoms. The zero-order valence-electron chi connectivity index (χ0n) is 11.9. The second-order valence-electron chi connectivity index (χ2n) is 6.21. The van der Waals surface area contributed by atoms with Gasteiger partial charge >= 0.3 is 0 Å². The van der Waals surface area contributed by atoms with Crippen molar-refractivity contribution in [2.24, 2.45) is 11.3 Å². The van der Waals surface area contributed by atoms with Crippen LogP contribution in [0, 0.1) is 11.3 Å². The number of aromatic nitrogens is 2. The first-order valence-corrected chi connectivity index (χ1v) is 6.77. The molecule has 0 saturated carbocycles. The fourth-order valence-corrected chi connectivity index (χ4v) is 2.69. The van der Waals surface area contributed by atoms with Gasteiger partial charge < -0.3 is 10.6 Å². The predicted molar refractivity (Wildman–Crippen MR) is 75.6 cm³/mol. The summed E-state index contributed by atoms with van der Waals surface area (Å²) in [6.07, 6.45) is 3.70. The Bertz CT molecular complexity index is 422. The third kappa shape index (κ3) is 2.42. The van der Waals surface area contributed by atoms with Gasteiger partial charge in [0.25, 0.3) is 0 Å². The lowest BCUT2D eigenvalue weighted by Gasteiger charge is -2.27. The maximum atomic E-state index is 5.94. The summed E-state index contributed by atoms with van der Waals surface area (Å²) >= 11 is 0. The smallest absolute Gasteiger partial charge is 0.137 e. The molecule has 0 radical (unpaired) electrons. The van der Waals surface area contributed by atoms with Crippen molar-refractivity contribution in [3.05, 3.63) is 11.9 Å². The summed E-state index contributed by atoms with van der Waals surface area (Å²) in [5.74, 6) is 2.39. The van der Waals surface area contributed by atoms with Crippen molar-refractivity contribution in [1.29, 1.82) is 0 Å². The van der Waals surface area contributed by atoms with Gasteiger partial charge in [-0.15, -0.1) is 0 Å². The van der Waals surface area contributed by atoms with Crippen molar-refractivity contribution in [3.8, 4) is 0 Å². The molecule has 1 saturated heterocycles. The number of hydrogen-bond donors (Lipinski definition) is 1. The Balaban J connectivity index is 2.22. The van der Waals surface area contributed by atoms with E-state index in [1.54, 1.807) is 6.33 Å². The molecule has 1 aliphatic heterocycles. The summed E-state index contributed by atoms with van der Waals surface area (Å²) in [6, 6.07) is 0. The fraction of sp³-hybridized carbons (Fsp3) is 0.714. The molecule has 1 aromatic heterocycles. The van der Waals surface area contributed by atoms with Gasteiger partial charge in [0.2, 0.25) is 0 Å². The van der Waals surface area contributed by atoms with E-state index in [4.69, 9.17) is 5.73 Å². The number of rotatable bonds is 2. The van der Waals surface area contributed by atoms with Crippen LogP contribution in [0.4, 0.5) is 11.6 Å². The zero-order chi connectivity index (χ0) is 13.3. The van der Waals surface area contributed by atoms with Gasteiger partial charge in [0.05, 0.1) is 0 Å². The third-order valence-electron chi connectivity index (χ3n) is 4.02. The second kappa shape index (κ2) is 4.75. The third-order valence-corrected chi connectivity index (χ3v) is 4.02. The van der Waals surface area contributed by atoms with Crippen LogP contribution in [0.1, 0.15) is 39.7 Å². The van der Waals surface area contributed by atoms with Gasteiger partial charge in [-0.1, -0.05) is 27.7 Å². The minimum Gasteiger partial charge on any atom is -0.383 e. The standard InChI is InChI=1S/C14H24N4/c1-5-11-12(15)16-9-17-13(11)18-7-6-10(8-18)14(2,3)4/h9-10H,5-8H2,1-4H3,(H2,15,16,17). The molecule has 2 heterocycles. The highest BCUT2D eigenvalue weighted by molar-refractivity contribution is 5.57. The Morgan fingerprint density at radius 2 is 2.11 bits per heavy atom. The maximum Gasteiger partial charge on any atom is 0.137 e. The normalized spacial score (nSPS) is 20.4. The van der Waals surface area contributed by atoms with E-state index in [2.05, 4.69) is 42.6 Å². The molecule has 1 aliphatic rings.